The zero-order valence-corrected chi connectivity index (χ0v) is 10.9. The predicted octanol–water partition coefficient (Wildman–Crippen LogP) is 1.23. The van der Waals surface area contributed by atoms with Gasteiger partial charge in [-0.25, -0.2) is 4.79 Å². The van der Waals surface area contributed by atoms with E-state index >= 15 is 0 Å². The summed E-state index contributed by atoms with van der Waals surface area (Å²) in [5, 5.41) is 3.18. The number of hydrogen-bond acceptors (Lipinski definition) is 3. The van der Waals surface area contributed by atoms with Crippen molar-refractivity contribution >= 4 is 15.9 Å². The fourth-order valence-electron chi connectivity index (χ4n) is 1.41. The number of aromatic nitrogens is 2. The first kappa shape index (κ1) is 12.4. The molecule has 0 radical (unpaired) electrons. The highest BCUT2D eigenvalue weighted by molar-refractivity contribution is 9.10. The average Bonchev–Trinajstić information content (AvgIpc) is 2.20. The third kappa shape index (κ3) is 2.89. The molecule has 0 saturated carbocycles. The first-order chi connectivity index (χ1) is 7.07. The van der Waals surface area contributed by atoms with E-state index < -0.39 is 0 Å². The van der Waals surface area contributed by atoms with Crippen LogP contribution in [0, 0.1) is 13.8 Å². The lowest BCUT2D eigenvalue weighted by Gasteiger charge is -2.11. The predicted molar refractivity (Wildman–Crippen MR) is 64.2 cm³/mol. The van der Waals surface area contributed by atoms with Crippen LogP contribution in [0.3, 0.4) is 0 Å². The third-order valence-corrected chi connectivity index (χ3v) is 3.44. The summed E-state index contributed by atoms with van der Waals surface area (Å²) in [6.45, 7) is 8.14. The molecule has 0 aliphatic rings. The molecule has 1 aromatic heterocycles. The summed E-state index contributed by atoms with van der Waals surface area (Å²) in [6, 6.07) is 0. The minimum Gasteiger partial charge on any atom is -0.315 e. The van der Waals surface area contributed by atoms with E-state index in [1.807, 2.05) is 20.8 Å². The summed E-state index contributed by atoms with van der Waals surface area (Å²) < 4.78 is 2.60. The zero-order valence-electron chi connectivity index (χ0n) is 9.30. The summed E-state index contributed by atoms with van der Waals surface area (Å²) in [7, 11) is 0. The number of hydrogen-bond donors (Lipinski definition) is 1. The lowest BCUT2D eigenvalue weighted by molar-refractivity contribution is 0.572. The highest BCUT2D eigenvalue weighted by atomic mass is 79.9. The quantitative estimate of drug-likeness (QED) is 0.840. The normalized spacial score (nSPS) is 10.7. The fourth-order valence-corrected chi connectivity index (χ4v) is 1.71. The molecule has 0 aliphatic heterocycles. The lowest BCUT2D eigenvalue weighted by Crippen LogP contribution is -2.31. The summed E-state index contributed by atoms with van der Waals surface area (Å²) in [5.74, 6) is 0. The van der Waals surface area contributed by atoms with Gasteiger partial charge in [0, 0.05) is 18.8 Å². The maximum absolute atomic E-state index is 11.6. The number of halogens is 1. The summed E-state index contributed by atoms with van der Waals surface area (Å²) >= 11 is 3.43. The summed E-state index contributed by atoms with van der Waals surface area (Å²) in [4.78, 5) is 15.6. The molecule has 84 valence electrons. The molecule has 0 aliphatic carbocycles. The second-order valence-electron chi connectivity index (χ2n) is 3.38. The van der Waals surface area contributed by atoms with Crippen LogP contribution in [0.1, 0.15) is 18.3 Å². The van der Waals surface area contributed by atoms with Crippen LogP contribution in [0.2, 0.25) is 0 Å². The Balaban J connectivity index is 2.97. The van der Waals surface area contributed by atoms with Crippen molar-refractivity contribution in [3.8, 4) is 0 Å². The number of rotatable bonds is 4. The van der Waals surface area contributed by atoms with Gasteiger partial charge in [-0.15, -0.1) is 0 Å². The molecule has 4 nitrogen and oxygen atoms in total. The van der Waals surface area contributed by atoms with Crippen molar-refractivity contribution in [1.82, 2.24) is 14.9 Å². The average molecular weight is 274 g/mol. The highest BCUT2D eigenvalue weighted by Crippen LogP contribution is 2.16. The molecule has 0 aromatic carbocycles. The van der Waals surface area contributed by atoms with Crippen LogP contribution in [-0.4, -0.2) is 22.6 Å². The van der Waals surface area contributed by atoms with E-state index in [4.69, 9.17) is 0 Å². The van der Waals surface area contributed by atoms with Gasteiger partial charge in [0.05, 0.1) is 10.2 Å². The molecular weight excluding hydrogens is 258 g/mol. The monoisotopic (exact) mass is 273 g/mol. The molecule has 0 atom stereocenters. The molecule has 1 aromatic rings. The Morgan fingerprint density at radius 3 is 2.73 bits per heavy atom. The van der Waals surface area contributed by atoms with Crippen LogP contribution in [0.4, 0.5) is 0 Å². The molecule has 15 heavy (non-hydrogen) atoms. The Morgan fingerprint density at radius 2 is 2.13 bits per heavy atom. The summed E-state index contributed by atoms with van der Waals surface area (Å²) in [5.41, 5.74) is 1.51. The van der Waals surface area contributed by atoms with Gasteiger partial charge in [0.2, 0.25) is 0 Å². The maximum atomic E-state index is 11.6. The number of nitrogens with zero attached hydrogens (tertiary/aromatic N) is 2. The smallest absolute Gasteiger partial charge is 0.315 e. The molecule has 5 heteroatoms. The molecule has 1 N–H and O–H groups in total. The van der Waals surface area contributed by atoms with Crippen LogP contribution in [0.5, 0.6) is 0 Å². The molecule has 1 heterocycles. The second kappa shape index (κ2) is 5.42. The molecule has 0 fully saturated rings. The van der Waals surface area contributed by atoms with Crippen LogP contribution in [0.25, 0.3) is 0 Å². The van der Waals surface area contributed by atoms with Crippen molar-refractivity contribution in [2.75, 3.05) is 13.1 Å². The fraction of sp³-hybridized carbons (Fsp3) is 0.600. The van der Waals surface area contributed by atoms with E-state index in [1.54, 1.807) is 4.57 Å². The van der Waals surface area contributed by atoms with E-state index in [2.05, 4.69) is 26.2 Å². The van der Waals surface area contributed by atoms with Gasteiger partial charge in [0.25, 0.3) is 0 Å². The van der Waals surface area contributed by atoms with E-state index in [0.717, 1.165) is 29.0 Å². The number of likely N-dealkylation sites (N-methyl/N-ethyl adjacent to an activating group) is 1. The minimum atomic E-state index is -0.175. The standard InChI is InChI=1S/C10H16BrN3O/c1-4-12-5-6-14-8(3)9(11)7(2)13-10(14)15/h12H,4-6H2,1-3H3. The van der Waals surface area contributed by atoms with Gasteiger partial charge < -0.3 is 5.32 Å². The SMILES string of the molecule is CCNCCn1c(C)c(Br)c(C)nc1=O. The molecule has 0 bridgehead atoms. The second-order valence-corrected chi connectivity index (χ2v) is 4.18. The van der Waals surface area contributed by atoms with Crippen molar-refractivity contribution in [2.45, 2.75) is 27.3 Å². The van der Waals surface area contributed by atoms with Crippen molar-refractivity contribution in [2.24, 2.45) is 0 Å². The number of aryl methyl sites for hydroxylation is 1. The van der Waals surface area contributed by atoms with Gasteiger partial charge in [0.15, 0.2) is 0 Å². The van der Waals surface area contributed by atoms with Crippen LogP contribution >= 0.6 is 15.9 Å². The topological polar surface area (TPSA) is 46.9 Å². The van der Waals surface area contributed by atoms with Crippen molar-refractivity contribution in [3.63, 3.8) is 0 Å². The molecular formula is C10H16BrN3O. The van der Waals surface area contributed by atoms with Crippen molar-refractivity contribution < 1.29 is 0 Å². The maximum Gasteiger partial charge on any atom is 0.348 e. The van der Waals surface area contributed by atoms with Gasteiger partial charge in [-0.05, 0) is 36.3 Å². The van der Waals surface area contributed by atoms with Gasteiger partial charge in [-0.1, -0.05) is 6.92 Å². The first-order valence-electron chi connectivity index (χ1n) is 5.02. The minimum absolute atomic E-state index is 0.175. The van der Waals surface area contributed by atoms with Gasteiger partial charge >= 0.3 is 5.69 Å². The van der Waals surface area contributed by atoms with Crippen molar-refractivity contribution in [3.05, 3.63) is 26.3 Å². The Hall–Kier alpha value is -0.680. The Bertz CT molecular complexity index is 400. The summed E-state index contributed by atoms with van der Waals surface area (Å²) in [6.07, 6.45) is 0. The number of nitrogens with one attached hydrogen (secondary N) is 1. The highest BCUT2D eigenvalue weighted by Gasteiger charge is 2.08. The van der Waals surface area contributed by atoms with Crippen LogP contribution in [-0.2, 0) is 6.54 Å². The molecule has 0 amide bonds. The molecule has 0 saturated heterocycles. The van der Waals surface area contributed by atoms with Crippen LogP contribution < -0.4 is 11.0 Å². The van der Waals surface area contributed by atoms with Crippen LogP contribution in [0.15, 0.2) is 9.27 Å². The zero-order chi connectivity index (χ0) is 11.4. The Morgan fingerprint density at radius 1 is 1.47 bits per heavy atom. The van der Waals surface area contributed by atoms with Gasteiger partial charge in [-0.3, -0.25) is 4.57 Å². The largest absolute Gasteiger partial charge is 0.348 e. The lowest BCUT2D eigenvalue weighted by atomic mass is 10.3. The molecule has 0 spiro atoms. The van der Waals surface area contributed by atoms with E-state index in [1.165, 1.54) is 0 Å². The van der Waals surface area contributed by atoms with E-state index in [-0.39, 0.29) is 5.69 Å². The molecule has 1 rings (SSSR count). The third-order valence-electron chi connectivity index (χ3n) is 2.30. The van der Waals surface area contributed by atoms with E-state index in [9.17, 15) is 4.79 Å². The Kier molecular flexibility index (Phi) is 4.47. The van der Waals surface area contributed by atoms with Gasteiger partial charge in [-0.2, -0.15) is 4.98 Å². The van der Waals surface area contributed by atoms with Crippen molar-refractivity contribution in [1.29, 1.82) is 0 Å². The molecule has 0 unspecified atom stereocenters. The Labute approximate surface area is 97.8 Å². The first-order valence-corrected chi connectivity index (χ1v) is 5.81. The van der Waals surface area contributed by atoms with Gasteiger partial charge in [0.1, 0.15) is 0 Å². The van der Waals surface area contributed by atoms with E-state index in [0.29, 0.717) is 6.54 Å².